The van der Waals surface area contributed by atoms with Gasteiger partial charge < -0.3 is 29.2 Å². The number of benzene rings is 3. The number of carbonyl (C=O) groups excluding carboxylic acids is 2. The van der Waals surface area contributed by atoms with Crippen LogP contribution in [0.5, 0.6) is 17.2 Å². The minimum absolute atomic E-state index is 0.0590. The second-order valence-corrected chi connectivity index (χ2v) is 10.0. The van der Waals surface area contributed by atoms with Gasteiger partial charge in [-0.25, -0.2) is 0 Å². The van der Waals surface area contributed by atoms with Crippen molar-refractivity contribution in [3.05, 3.63) is 82.9 Å². The van der Waals surface area contributed by atoms with Crippen LogP contribution in [0.15, 0.2) is 60.7 Å². The Balaban J connectivity index is 1.24. The maximum atomic E-state index is 14.2. The molecule has 0 saturated heterocycles. The number of rotatable bonds is 8. The van der Waals surface area contributed by atoms with Crippen LogP contribution < -0.4 is 24.4 Å². The Bertz CT molecular complexity index is 1400. The largest absolute Gasteiger partial charge is 0.491 e. The average Bonchev–Trinajstić information content (AvgIpc) is 3.60. The number of nitrogens with zero attached hydrogens (tertiary/aromatic N) is 1. The molecule has 3 heterocycles. The lowest BCUT2D eigenvalue weighted by Crippen LogP contribution is -2.42. The van der Waals surface area contributed by atoms with Gasteiger partial charge in [0.1, 0.15) is 17.8 Å². The first-order chi connectivity index (χ1) is 18.5. The molecule has 0 radical (unpaired) electrons. The van der Waals surface area contributed by atoms with Crippen LogP contribution in [-0.4, -0.2) is 44.5 Å². The van der Waals surface area contributed by atoms with E-state index in [1.807, 2.05) is 68.4 Å². The van der Waals surface area contributed by atoms with Crippen molar-refractivity contribution in [3.63, 3.8) is 0 Å². The van der Waals surface area contributed by atoms with Crippen molar-refractivity contribution in [1.82, 2.24) is 5.32 Å². The molecule has 0 aromatic heterocycles. The van der Waals surface area contributed by atoms with Crippen molar-refractivity contribution in [2.75, 3.05) is 31.5 Å². The quantitative estimate of drug-likeness (QED) is 0.454. The molecule has 8 heteroatoms. The highest BCUT2D eigenvalue weighted by molar-refractivity contribution is 6.11. The van der Waals surface area contributed by atoms with Gasteiger partial charge in [-0.2, -0.15) is 0 Å². The summed E-state index contributed by atoms with van der Waals surface area (Å²) in [6.45, 7) is 5.81. The normalized spacial score (nSPS) is 18.6. The molecule has 2 amide bonds. The van der Waals surface area contributed by atoms with Gasteiger partial charge in [0.2, 0.25) is 12.7 Å². The lowest BCUT2D eigenvalue weighted by atomic mass is 9.77. The van der Waals surface area contributed by atoms with Crippen molar-refractivity contribution >= 4 is 17.5 Å². The van der Waals surface area contributed by atoms with Gasteiger partial charge in [0.05, 0.1) is 12.6 Å². The zero-order valence-electron chi connectivity index (χ0n) is 21.5. The van der Waals surface area contributed by atoms with Gasteiger partial charge in [-0.05, 0) is 55.7 Å². The fraction of sp³-hybridized carbons (Fsp3) is 0.333. The van der Waals surface area contributed by atoms with Crippen LogP contribution in [-0.2, 0) is 21.5 Å². The zero-order valence-corrected chi connectivity index (χ0v) is 21.5. The molecule has 3 aliphatic rings. The van der Waals surface area contributed by atoms with Gasteiger partial charge in [0.25, 0.3) is 5.91 Å². The summed E-state index contributed by atoms with van der Waals surface area (Å²) in [4.78, 5) is 28.8. The molecule has 196 valence electrons. The third kappa shape index (κ3) is 4.05. The molecule has 1 atom stereocenters. The lowest BCUT2D eigenvalue weighted by Gasteiger charge is -2.23. The molecule has 0 aliphatic carbocycles. The smallest absolute Gasteiger partial charge is 0.251 e. The number of amides is 2. The highest BCUT2D eigenvalue weighted by Crippen LogP contribution is 2.55. The number of hydrogen-bond donors (Lipinski definition) is 1. The SMILES string of the molecule is CC(C)OCCCNC(=O)c1cccc(CN2C(=O)C3(COc4cc5c(cc43)OCO5)c3ccccc32)c1. The van der Waals surface area contributed by atoms with Crippen molar-refractivity contribution in [3.8, 4) is 17.2 Å². The monoisotopic (exact) mass is 514 g/mol. The van der Waals surface area contributed by atoms with Crippen LogP contribution >= 0.6 is 0 Å². The number of hydrogen-bond acceptors (Lipinski definition) is 6. The number of fused-ring (bicyclic) bond motifs is 5. The second kappa shape index (κ2) is 9.68. The second-order valence-electron chi connectivity index (χ2n) is 10.0. The minimum atomic E-state index is -0.958. The molecule has 1 unspecified atom stereocenters. The maximum absolute atomic E-state index is 14.2. The van der Waals surface area contributed by atoms with E-state index >= 15 is 0 Å². The van der Waals surface area contributed by atoms with E-state index in [9.17, 15) is 9.59 Å². The highest BCUT2D eigenvalue weighted by atomic mass is 16.7. The van der Waals surface area contributed by atoms with Crippen molar-refractivity contribution in [1.29, 1.82) is 0 Å². The third-order valence-electron chi connectivity index (χ3n) is 7.23. The fourth-order valence-electron chi connectivity index (χ4n) is 5.41. The van der Waals surface area contributed by atoms with Crippen LogP contribution in [0.1, 0.15) is 47.3 Å². The summed E-state index contributed by atoms with van der Waals surface area (Å²) < 4.78 is 22.7. The molecule has 1 spiro atoms. The van der Waals surface area contributed by atoms with E-state index in [1.165, 1.54) is 0 Å². The summed E-state index contributed by atoms with van der Waals surface area (Å²) in [5, 5.41) is 2.95. The predicted octanol–water partition coefficient (Wildman–Crippen LogP) is 4.19. The van der Waals surface area contributed by atoms with Crippen LogP contribution in [0.25, 0.3) is 0 Å². The standard InChI is InChI=1S/C30H30N2O6/c1-19(2)35-12-6-11-31-28(33)21-8-5-7-20(13-21)16-32-24-10-4-3-9-22(24)30(29(32)34)17-36-25-15-27-26(14-23(25)30)37-18-38-27/h3-5,7-10,13-15,19H,6,11-12,16-18H2,1-2H3,(H,31,33). The Morgan fingerprint density at radius 1 is 1.00 bits per heavy atom. The van der Waals surface area contributed by atoms with Crippen molar-refractivity contribution < 1.29 is 28.5 Å². The summed E-state index contributed by atoms with van der Waals surface area (Å²) >= 11 is 0. The average molecular weight is 515 g/mol. The minimum Gasteiger partial charge on any atom is -0.491 e. The molecular formula is C30H30N2O6. The summed E-state index contributed by atoms with van der Waals surface area (Å²) in [6.07, 6.45) is 0.918. The van der Waals surface area contributed by atoms with Gasteiger partial charge in [0.15, 0.2) is 11.5 Å². The molecule has 6 rings (SSSR count). The third-order valence-corrected chi connectivity index (χ3v) is 7.23. The van der Waals surface area contributed by atoms with E-state index in [2.05, 4.69) is 5.32 Å². The number of nitrogens with one attached hydrogen (secondary N) is 1. The van der Waals surface area contributed by atoms with Crippen LogP contribution in [0.3, 0.4) is 0 Å². The van der Waals surface area contributed by atoms with E-state index in [0.29, 0.717) is 42.5 Å². The Kier molecular flexibility index (Phi) is 6.19. The van der Waals surface area contributed by atoms with Gasteiger partial charge in [0, 0.05) is 36.0 Å². The summed E-state index contributed by atoms with van der Waals surface area (Å²) in [7, 11) is 0. The van der Waals surface area contributed by atoms with E-state index in [4.69, 9.17) is 18.9 Å². The first-order valence-electron chi connectivity index (χ1n) is 12.9. The fourth-order valence-corrected chi connectivity index (χ4v) is 5.41. The highest BCUT2D eigenvalue weighted by Gasteiger charge is 2.57. The lowest BCUT2D eigenvalue weighted by molar-refractivity contribution is -0.122. The van der Waals surface area contributed by atoms with Crippen LogP contribution in [0.2, 0.25) is 0 Å². The van der Waals surface area contributed by atoms with E-state index in [-0.39, 0.29) is 31.3 Å². The Morgan fingerprint density at radius 2 is 1.82 bits per heavy atom. The number of carbonyl (C=O) groups is 2. The van der Waals surface area contributed by atoms with Crippen molar-refractivity contribution in [2.45, 2.75) is 38.3 Å². The van der Waals surface area contributed by atoms with Crippen LogP contribution in [0.4, 0.5) is 5.69 Å². The Hall–Kier alpha value is -4.04. The van der Waals surface area contributed by atoms with Crippen molar-refractivity contribution in [2.24, 2.45) is 0 Å². The zero-order chi connectivity index (χ0) is 26.3. The molecule has 3 aromatic carbocycles. The number of para-hydroxylation sites is 1. The van der Waals surface area contributed by atoms with Gasteiger partial charge >= 0.3 is 0 Å². The summed E-state index contributed by atoms with van der Waals surface area (Å²) in [6, 6.07) is 18.9. The van der Waals surface area contributed by atoms with E-state index < -0.39 is 5.41 Å². The number of ether oxygens (including phenoxy) is 4. The molecule has 38 heavy (non-hydrogen) atoms. The molecule has 3 aliphatic heterocycles. The Morgan fingerprint density at radius 3 is 2.66 bits per heavy atom. The first kappa shape index (κ1) is 24.3. The predicted molar refractivity (Wildman–Crippen MR) is 141 cm³/mol. The molecule has 0 fully saturated rings. The molecule has 1 N–H and O–H groups in total. The first-order valence-corrected chi connectivity index (χ1v) is 12.9. The summed E-state index contributed by atoms with van der Waals surface area (Å²) in [5.74, 6) is 1.68. The van der Waals surface area contributed by atoms with E-state index in [0.717, 1.165) is 28.8 Å². The topological polar surface area (TPSA) is 86.3 Å². The molecule has 0 bridgehead atoms. The van der Waals surface area contributed by atoms with Gasteiger partial charge in [-0.3, -0.25) is 9.59 Å². The maximum Gasteiger partial charge on any atom is 0.251 e. The van der Waals surface area contributed by atoms with Crippen LogP contribution in [0, 0.1) is 0 Å². The van der Waals surface area contributed by atoms with Gasteiger partial charge in [-0.1, -0.05) is 30.3 Å². The number of anilines is 1. The summed E-state index contributed by atoms with van der Waals surface area (Å²) in [5.41, 5.74) is 3.00. The molecule has 8 nitrogen and oxygen atoms in total. The van der Waals surface area contributed by atoms with Gasteiger partial charge in [-0.15, -0.1) is 0 Å². The molecule has 3 aromatic rings. The Labute approximate surface area is 221 Å². The molecular weight excluding hydrogens is 484 g/mol. The van der Waals surface area contributed by atoms with E-state index in [1.54, 1.807) is 11.0 Å². The molecule has 0 saturated carbocycles.